The summed E-state index contributed by atoms with van der Waals surface area (Å²) in [6.07, 6.45) is 8.01. The van der Waals surface area contributed by atoms with Gasteiger partial charge in [-0.15, -0.1) is 0 Å². The Morgan fingerprint density at radius 1 is 1.20 bits per heavy atom. The number of carbonyl (C=O) groups excluding carboxylic acids is 1. The van der Waals surface area contributed by atoms with Crippen LogP contribution in [0.4, 0.5) is 0 Å². The summed E-state index contributed by atoms with van der Waals surface area (Å²) in [5, 5.41) is 9.14. The normalized spacial score (nSPS) is 29.4. The van der Waals surface area contributed by atoms with Gasteiger partial charge >= 0.3 is 5.97 Å². The van der Waals surface area contributed by atoms with Gasteiger partial charge < -0.3 is 10.0 Å². The number of rotatable bonds is 4. The third-order valence-electron chi connectivity index (χ3n) is 5.19. The van der Waals surface area contributed by atoms with Gasteiger partial charge in [0.25, 0.3) is 0 Å². The van der Waals surface area contributed by atoms with E-state index in [9.17, 15) is 9.59 Å². The topological polar surface area (TPSA) is 57.6 Å². The zero-order chi connectivity index (χ0) is 14.7. The Morgan fingerprint density at radius 2 is 1.85 bits per heavy atom. The first-order valence-electron chi connectivity index (χ1n) is 8.04. The van der Waals surface area contributed by atoms with Crippen LogP contribution in [0.15, 0.2) is 0 Å². The van der Waals surface area contributed by atoms with E-state index in [2.05, 4.69) is 0 Å². The summed E-state index contributed by atoms with van der Waals surface area (Å²) in [5.74, 6) is -0.274. The van der Waals surface area contributed by atoms with E-state index in [4.69, 9.17) is 5.11 Å². The molecule has 0 bridgehead atoms. The Labute approximate surface area is 121 Å². The number of hydrogen-bond acceptors (Lipinski definition) is 2. The third-order valence-corrected chi connectivity index (χ3v) is 5.19. The summed E-state index contributed by atoms with van der Waals surface area (Å²) in [4.78, 5) is 25.5. The number of carbonyl (C=O) groups is 2. The van der Waals surface area contributed by atoms with E-state index in [-0.39, 0.29) is 23.8 Å². The Morgan fingerprint density at radius 3 is 2.40 bits per heavy atom. The summed E-state index contributed by atoms with van der Waals surface area (Å²) < 4.78 is 0. The zero-order valence-corrected chi connectivity index (χ0v) is 12.7. The number of carboxylic acid groups (broad SMARTS) is 1. The molecule has 0 aromatic rings. The molecule has 2 aliphatic rings. The summed E-state index contributed by atoms with van der Waals surface area (Å²) in [6, 6.07) is -0.159. The summed E-state index contributed by atoms with van der Waals surface area (Å²) >= 11 is 0. The maximum absolute atomic E-state index is 12.5. The molecule has 0 radical (unpaired) electrons. The van der Waals surface area contributed by atoms with E-state index < -0.39 is 5.97 Å². The molecule has 1 amide bonds. The molecule has 2 fully saturated rings. The highest BCUT2D eigenvalue weighted by atomic mass is 16.4. The van der Waals surface area contributed by atoms with E-state index >= 15 is 0 Å². The van der Waals surface area contributed by atoms with Crippen LogP contribution in [-0.4, -0.2) is 34.5 Å². The van der Waals surface area contributed by atoms with E-state index in [1.165, 1.54) is 32.1 Å². The van der Waals surface area contributed by atoms with Gasteiger partial charge in [0.15, 0.2) is 0 Å². The van der Waals surface area contributed by atoms with Crippen LogP contribution in [0.2, 0.25) is 0 Å². The van der Waals surface area contributed by atoms with Crippen LogP contribution in [0.25, 0.3) is 0 Å². The van der Waals surface area contributed by atoms with Gasteiger partial charge in [0, 0.05) is 18.5 Å². The number of hydrogen-bond donors (Lipinski definition) is 1. The summed E-state index contributed by atoms with van der Waals surface area (Å²) in [7, 11) is 0. The van der Waals surface area contributed by atoms with Crippen molar-refractivity contribution in [3.8, 4) is 0 Å². The van der Waals surface area contributed by atoms with Crippen molar-refractivity contribution in [3.05, 3.63) is 0 Å². The molecule has 0 aromatic carbocycles. The van der Waals surface area contributed by atoms with Crippen LogP contribution in [0.3, 0.4) is 0 Å². The van der Waals surface area contributed by atoms with Gasteiger partial charge in [-0.2, -0.15) is 0 Å². The Hall–Kier alpha value is -1.06. The fourth-order valence-corrected chi connectivity index (χ4v) is 3.89. The number of nitrogens with zero attached hydrogens (tertiary/aromatic N) is 1. The molecule has 20 heavy (non-hydrogen) atoms. The van der Waals surface area contributed by atoms with Crippen molar-refractivity contribution >= 4 is 11.9 Å². The van der Waals surface area contributed by atoms with Crippen LogP contribution in [0, 0.1) is 17.8 Å². The monoisotopic (exact) mass is 281 g/mol. The van der Waals surface area contributed by atoms with E-state index in [1.54, 1.807) is 4.90 Å². The zero-order valence-electron chi connectivity index (χ0n) is 12.7. The van der Waals surface area contributed by atoms with Gasteiger partial charge in [0.05, 0.1) is 5.92 Å². The van der Waals surface area contributed by atoms with Gasteiger partial charge in [-0.05, 0) is 25.7 Å². The highest BCUT2D eigenvalue weighted by Crippen LogP contribution is 2.31. The second kappa shape index (κ2) is 6.59. The van der Waals surface area contributed by atoms with Crippen molar-refractivity contribution < 1.29 is 14.7 Å². The molecule has 0 aromatic heterocycles. The minimum atomic E-state index is -0.771. The smallest absolute Gasteiger partial charge is 0.308 e. The molecule has 3 atom stereocenters. The average molecular weight is 281 g/mol. The maximum atomic E-state index is 12.5. The largest absolute Gasteiger partial charge is 0.481 e. The van der Waals surface area contributed by atoms with Crippen LogP contribution in [0.5, 0.6) is 0 Å². The fraction of sp³-hybridized carbons (Fsp3) is 0.875. The number of likely N-dealkylation sites (tertiary alicyclic amines) is 1. The maximum Gasteiger partial charge on any atom is 0.308 e. The molecule has 1 aliphatic carbocycles. The van der Waals surface area contributed by atoms with Crippen LogP contribution in [0.1, 0.15) is 58.8 Å². The lowest BCUT2D eigenvalue weighted by molar-refractivity contribution is -0.143. The first-order valence-corrected chi connectivity index (χ1v) is 8.04. The molecule has 114 valence electrons. The highest BCUT2D eigenvalue weighted by molar-refractivity contribution is 5.81. The Bertz CT molecular complexity index is 363. The molecule has 1 saturated carbocycles. The number of amides is 1. The molecular weight excluding hydrogens is 254 g/mol. The van der Waals surface area contributed by atoms with Crippen molar-refractivity contribution in [1.82, 2.24) is 4.90 Å². The van der Waals surface area contributed by atoms with Gasteiger partial charge in [-0.3, -0.25) is 9.59 Å². The molecule has 1 N–H and O–H groups in total. The fourth-order valence-electron chi connectivity index (χ4n) is 3.89. The average Bonchev–Trinajstić information content (AvgIpc) is 2.81. The second-order valence-electron chi connectivity index (χ2n) is 6.65. The van der Waals surface area contributed by atoms with Crippen LogP contribution >= 0.6 is 0 Å². The van der Waals surface area contributed by atoms with Crippen molar-refractivity contribution in [2.75, 3.05) is 6.54 Å². The Kier molecular flexibility index (Phi) is 5.06. The predicted molar refractivity (Wildman–Crippen MR) is 77.3 cm³/mol. The highest BCUT2D eigenvalue weighted by Gasteiger charge is 2.39. The second-order valence-corrected chi connectivity index (χ2v) is 6.65. The lowest BCUT2D eigenvalue weighted by atomic mass is 9.83. The summed E-state index contributed by atoms with van der Waals surface area (Å²) in [5.41, 5.74) is 0. The number of aliphatic carboxylic acids is 1. The SMILES string of the molecule is CC(CC1CCCCC1)C(=O)N1CCC(C(=O)O)C1C. The van der Waals surface area contributed by atoms with Gasteiger partial charge in [-0.1, -0.05) is 39.0 Å². The molecule has 1 saturated heterocycles. The number of carboxylic acids is 1. The minimum absolute atomic E-state index is 0.0353. The van der Waals surface area contributed by atoms with Crippen LogP contribution in [-0.2, 0) is 9.59 Å². The quantitative estimate of drug-likeness (QED) is 0.862. The molecule has 0 spiro atoms. The lowest BCUT2D eigenvalue weighted by Crippen LogP contribution is -2.41. The van der Waals surface area contributed by atoms with Crippen LogP contribution < -0.4 is 0 Å². The van der Waals surface area contributed by atoms with E-state index in [0.717, 1.165) is 6.42 Å². The molecule has 3 unspecified atom stereocenters. The standard InChI is InChI=1S/C16H27NO3/c1-11(10-13-6-4-3-5-7-13)15(18)17-9-8-14(12(17)2)16(19)20/h11-14H,3-10H2,1-2H3,(H,19,20). The predicted octanol–water partition coefficient (Wildman–Crippen LogP) is 2.91. The molecular formula is C16H27NO3. The molecule has 1 heterocycles. The van der Waals surface area contributed by atoms with Crippen molar-refractivity contribution in [3.63, 3.8) is 0 Å². The molecule has 2 rings (SSSR count). The third kappa shape index (κ3) is 3.33. The molecule has 4 nitrogen and oxygen atoms in total. The minimum Gasteiger partial charge on any atom is -0.481 e. The van der Waals surface area contributed by atoms with E-state index in [1.807, 2.05) is 13.8 Å². The van der Waals surface area contributed by atoms with Crippen molar-refractivity contribution in [2.24, 2.45) is 17.8 Å². The summed E-state index contributed by atoms with van der Waals surface area (Å²) in [6.45, 7) is 4.49. The van der Waals surface area contributed by atoms with E-state index in [0.29, 0.717) is 18.9 Å². The van der Waals surface area contributed by atoms with Gasteiger partial charge in [-0.25, -0.2) is 0 Å². The van der Waals surface area contributed by atoms with Gasteiger partial charge in [0.2, 0.25) is 5.91 Å². The molecule has 4 heteroatoms. The van der Waals surface area contributed by atoms with Crippen molar-refractivity contribution in [1.29, 1.82) is 0 Å². The first kappa shape index (κ1) is 15.3. The lowest BCUT2D eigenvalue weighted by Gasteiger charge is -2.29. The Balaban J connectivity index is 1.88. The first-order chi connectivity index (χ1) is 9.50. The molecule has 1 aliphatic heterocycles. The van der Waals surface area contributed by atoms with Gasteiger partial charge in [0.1, 0.15) is 0 Å². The van der Waals surface area contributed by atoms with Crippen molar-refractivity contribution in [2.45, 2.75) is 64.8 Å².